The van der Waals surface area contributed by atoms with Crippen LogP contribution in [0.5, 0.6) is 0 Å². The van der Waals surface area contributed by atoms with Gasteiger partial charge in [-0.1, -0.05) is 6.92 Å². The molecule has 2 N–H and O–H groups in total. The van der Waals surface area contributed by atoms with Gasteiger partial charge in [-0.05, 0) is 36.6 Å². The van der Waals surface area contributed by atoms with Crippen molar-refractivity contribution in [1.29, 1.82) is 0 Å². The molecule has 1 rings (SSSR count). The van der Waals surface area contributed by atoms with Gasteiger partial charge in [0.15, 0.2) is 9.84 Å². The van der Waals surface area contributed by atoms with Crippen molar-refractivity contribution in [3.63, 3.8) is 0 Å². The van der Waals surface area contributed by atoms with Crippen LogP contribution in [-0.4, -0.2) is 32.9 Å². The minimum atomic E-state index is -3.13. The van der Waals surface area contributed by atoms with Crippen LogP contribution in [0.4, 0.5) is 5.69 Å². The van der Waals surface area contributed by atoms with Gasteiger partial charge in [0.2, 0.25) is 0 Å². The van der Waals surface area contributed by atoms with E-state index in [-0.39, 0.29) is 12.5 Å². The summed E-state index contributed by atoms with van der Waals surface area (Å²) in [5.74, 6) is 0.226. The Hall–Kier alpha value is -1.07. The van der Waals surface area contributed by atoms with Crippen molar-refractivity contribution in [2.45, 2.75) is 18.2 Å². The van der Waals surface area contributed by atoms with Gasteiger partial charge in [0.25, 0.3) is 0 Å². The highest BCUT2D eigenvalue weighted by Crippen LogP contribution is 2.14. The average Bonchev–Trinajstić information content (AvgIpc) is 2.30. The van der Waals surface area contributed by atoms with Crippen molar-refractivity contribution in [3.05, 3.63) is 24.3 Å². The van der Waals surface area contributed by atoms with E-state index in [9.17, 15) is 8.42 Å². The first-order valence-corrected chi connectivity index (χ1v) is 7.51. The maximum atomic E-state index is 11.2. The third-order valence-corrected chi connectivity index (χ3v) is 3.84. The van der Waals surface area contributed by atoms with Gasteiger partial charge in [0.05, 0.1) is 4.90 Å². The smallest absolute Gasteiger partial charge is 0.175 e. The van der Waals surface area contributed by atoms with Crippen LogP contribution in [-0.2, 0) is 9.84 Å². The number of rotatable bonds is 6. The van der Waals surface area contributed by atoms with E-state index in [2.05, 4.69) is 5.32 Å². The lowest BCUT2D eigenvalue weighted by Crippen LogP contribution is -2.16. The van der Waals surface area contributed by atoms with Crippen molar-refractivity contribution >= 4 is 15.5 Å². The number of benzene rings is 1. The Balaban J connectivity index is 2.63. The van der Waals surface area contributed by atoms with E-state index in [4.69, 9.17) is 5.11 Å². The molecule has 17 heavy (non-hydrogen) atoms. The summed E-state index contributed by atoms with van der Waals surface area (Å²) in [6.45, 7) is 2.87. The number of nitrogens with one attached hydrogen (secondary N) is 1. The lowest BCUT2D eigenvalue weighted by molar-refractivity contribution is 0.230. The van der Waals surface area contributed by atoms with Crippen LogP contribution in [0.25, 0.3) is 0 Å². The molecule has 0 amide bonds. The molecular formula is C12H19NO3S. The molecule has 96 valence electrons. The van der Waals surface area contributed by atoms with Crippen molar-refractivity contribution in [2.75, 3.05) is 24.7 Å². The highest BCUT2D eigenvalue weighted by Gasteiger charge is 2.07. The van der Waals surface area contributed by atoms with Crippen LogP contribution in [0, 0.1) is 5.92 Å². The Kier molecular flexibility index (Phi) is 4.96. The topological polar surface area (TPSA) is 66.4 Å². The summed E-state index contributed by atoms with van der Waals surface area (Å²) in [5.41, 5.74) is 0.865. The standard InChI is InChI=1S/C12H19NO3S/c1-3-10(9-14)8-13-11-4-6-12(7-5-11)17(2,15)16/h4-7,10,13-14H,3,8-9H2,1-2H3. The van der Waals surface area contributed by atoms with Crippen molar-refractivity contribution in [3.8, 4) is 0 Å². The zero-order valence-corrected chi connectivity index (χ0v) is 11.0. The normalized spacial score (nSPS) is 13.4. The van der Waals surface area contributed by atoms with Crippen LogP contribution in [0.3, 0.4) is 0 Å². The fourth-order valence-electron chi connectivity index (χ4n) is 1.42. The minimum absolute atomic E-state index is 0.158. The first-order valence-electron chi connectivity index (χ1n) is 5.62. The number of anilines is 1. The average molecular weight is 257 g/mol. The number of aliphatic hydroxyl groups is 1. The molecule has 1 unspecified atom stereocenters. The molecule has 0 aromatic heterocycles. The van der Waals surface area contributed by atoms with E-state index in [1.54, 1.807) is 24.3 Å². The zero-order valence-electron chi connectivity index (χ0n) is 10.2. The first kappa shape index (κ1) is 14.0. The van der Waals surface area contributed by atoms with E-state index in [0.29, 0.717) is 11.4 Å². The summed E-state index contributed by atoms with van der Waals surface area (Å²) in [6, 6.07) is 6.64. The Morgan fingerprint density at radius 2 is 1.88 bits per heavy atom. The number of sulfone groups is 1. The number of hydrogen-bond acceptors (Lipinski definition) is 4. The maximum absolute atomic E-state index is 11.2. The van der Waals surface area contributed by atoms with Gasteiger partial charge in [-0.3, -0.25) is 0 Å². The molecule has 5 heteroatoms. The monoisotopic (exact) mass is 257 g/mol. The van der Waals surface area contributed by atoms with Crippen LogP contribution >= 0.6 is 0 Å². The van der Waals surface area contributed by atoms with Gasteiger partial charge in [-0.25, -0.2) is 8.42 Å². The molecule has 0 spiro atoms. The Morgan fingerprint density at radius 1 is 1.29 bits per heavy atom. The van der Waals surface area contributed by atoms with Crippen molar-refractivity contribution in [1.82, 2.24) is 0 Å². The lowest BCUT2D eigenvalue weighted by Gasteiger charge is -2.13. The van der Waals surface area contributed by atoms with Gasteiger partial charge in [0, 0.05) is 25.1 Å². The second-order valence-electron chi connectivity index (χ2n) is 4.13. The highest BCUT2D eigenvalue weighted by molar-refractivity contribution is 7.90. The van der Waals surface area contributed by atoms with E-state index >= 15 is 0 Å². The number of hydrogen-bond donors (Lipinski definition) is 2. The van der Waals surface area contributed by atoms with Crippen LogP contribution < -0.4 is 5.32 Å². The molecule has 4 nitrogen and oxygen atoms in total. The summed E-state index contributed by atoms with van der Waals surface area (Å²) in [6.07, 6.45) is 2.10. The predicted molar refractivity (Wildman–Crippen MR) is 68.9 cm³/mol. The van der Waals surface area contributed by atoms with Crippen LogP contribution in [0.15, 0.2) is 29.2 Å². The summed E-state index contributed by atoms with van der Waals surface area (Å²) in [5, 5.41) is 12.2. The Morgan fingerprint density at radius 3 is 2.29 bits per heavy atom. The lowest BCUT2D eigenvalue weighted by atomic mass is 10.1. The maximum Gasteiger partial charge on any atom is 0.175 e. The molecule has 1 aromatic rings. The van der Waals surface area contributed by atoms with Gasteiger partial charge in [-0.2, -0.15) is 0 Å². The fourth-order valence-corrected chi connectivity index (χ4v) is 2.05. The van der Waals surface area contributed by atoms with Crippen LogP contribution in [0.1, 0.15) is 13.3 Å². The fraction of sp³-hybridized carbons (Fsp3) is 0.500. The molecular weight excluding hydrogens is 238 g/mol. The molecule has 0 saturated heterocycles. The number of aliphatic hydroxyl groups excluding tert-OH is 1. The molecule has 0 aliphatic rings. The molecule has 0 saturated carbocycles. The van der Waals surface area contributed by atoms with E-state index < -0.39 is 9.84 Å². The third-order valence-electron chi connectivity index (χ3n) is 2.71. The first-order chi connectivity index (χ1) is 7.97. The predicted octanol–water partition coefficient (Wildman–Crippen LogP) is 1.52. The van der Waals surface area contributed by atoms with Crippen molar-refractivity contribution in [2.24, 2.45) is 5.92 Å². The highest BCUT2D eigenvalue weighted by atomic mass is 32.2. The summed E-state index contributed by atoms with van der Waals surface area (Å²) in [7, 11) is -3.13. The largest absolute Gasteiger partial charge is 0.396 e. The van der Waals surface area contributed by atoms with Gasteiger partial charge >= 0.3 is 0 Å². The quantitative estimate of drug-likeness (QED) is 0.811. The van der Waals surface area contributed by atoms with E-state index in [0.717, 1.165) is 12.1 Å². The molecule has 0 heterocycles. The molecule has 0 radical (unpaired) electrons. The molecule has 1 aromatic carbocycles. The summed E-state index contributed by atoms with van der Waals surface area (Å²) < 4.78 is 22.5. The van der Waals surface area contributed by atoms with Crippen LogP contribution in [0.2, 0.25) is 0 Å². The second-order valence-corrected chi connectivity index (χ2v) is 6.15. The van der Waals surface area contributed by atoms with Gasteiger partial charge in [0.1, 0.15) is 0 Å². The van der Waals surface area contributed by atoms with Crippen molar-refractivity contribution < 1.29 is 13.5 Å². The van der Waals surface area contributed by atoms with Gasteiger partial charge in [-0.15, -0.1) is 0 Å². The molecule has 0 aliphatic heterocycles. The molecule has 1 atom stereocenters. The summed E-state index contributed by atoms with van der Waals surface area (Å²) in [4.78, 5) is 0.317. The SMILES string of the molecule is CCC(CO)CNc1ccc(S(C)(=O)=O)cc1. The van der Waals surface area contributed by atoms with Gasteiger partial charge < -0.3 is 10.4 Å². The molecule has 0 aliphatic carbocycles. The second kappa shape index (κ2) is 6.02. The molecule has 0 fully saturated rings. The summed E-state index contributed by atoms with van der Waals surface area (Å²) >= 11 is 0. The van der Waals surface area contributed by atoms with E-state index in [1.807, 2.05) is 6.92 Å². The Bertz CT molecular complexity index is 435. The molecule has 0 bridgehead atoms. The zero-order chi connectivity index (χ0) is 12.9. The third kappa shape index (κ3) is 4.36. The van der Waals surface area contributed by atoms with E-state index in [1.165, 1.54) is 6.26 Å². The minimum Gasteiger partial charge on any atom is -0.396 e. The Labute approximate surface area is 103 Å².